The van der Waals surface area contributed by atoms with Crippen molar-refractivity contribution in [2.24, 2.45) is 11.7 Å². The van der Waals surface area contributed by atoms with Gasteiger partial charge in [-0.25, -0.2) is 4.79 Å². The van der Waals surface area contributed by atoms with E-state index < -0.39 is 5.60 Å². The van der Waals surface area contributed by atoms with Crippen molar-refractivity contribution in [1.29, 1.82) is 0 Å². The van der Waals surface area contributed by atoms with Crippen molar-refractivity contribution in [1.82, 2.24) is 4.90 Å². The van der Waals surface area contributed by atoms with Crippen LogP contribution in [0.25, 0.3) is 0 Å². The van der Waals surface area contributed by atoms with Crippen molar-refractivity contribution in [2.45, 2.75) is 57.7 Å². The van der Waals surface area contributed by atoms with Gasteiger partial charge in [0.25, 0.3) is 0 Å². The van der Waals surface area contributed by atoms with E-state index in [1.54, 1.807) is 0 Å². The minimum Gasteiger partial charge on any atom is -0.444 e. The molecule has 0 radical (unpaired) electrons. The molecule has 0 spiro atoms. The summed E-state index contributed by atoms with van der Waals surface area (Å²) in [4.78, 5) is 13.9. The van der Waals surface area contributed by atoms with Gasteiger partial charge in [-0.15, -0.1) is 0 Å². The zero-order chi connectivity index (χ0) is 11.9. The number of hydrogen-bond donors (Lipinski definition) is 1. The molecule has 3 atom stereocenters. The quantitative estimate of drug-likeness (QED) is 0.684. The lowest BCUT2D eigenvalue weighted by Gasteiger charge is -2.48. The molecule has 1 aliphatic carbocycles. The Kier molecular flexibility index (Phi) is 2.86. The highest BCUT2D eigenvalue weighted by molar-refractivity contribution is 5.69. The molecule has 0 aromatic rings. The van der Waals surface area contributed by atoms with E-state index in [0.717, 1.165) is 25.8 Å². The Labute approximate surface area is 97.1 Å². The fourth-order valence-electron chi connectivity index (χ4n) is 2.70. The normalized spacial score (nSPS) is 34.0. The summed E-state index contributed by atoms with van der Waals surface area (Å²) in [6, 6.07) is 0.576. The number of ether oxygens (including phenoxy) is 1. The van der Waals surface area contributed by atoms with Gasteiger partial charge in [-0.1, -0.05) is 0 Å². The monoisotopic (exact) mass is 226 g/mol. The van der Waals surface area contributed by atoms with E-state index in [1.807, 2.05) is 25.7 Å². The zero-order valence-corrected chi connectivity index (χ0v) is 10.4. The maximum absolute atomic E-state index is 12.0. The van der Waals surface area contributed by atoms with Crippen LogP contribution in [-0.2, 0) is 4.74 Å². The molecule has 3 aliphatic rings. The molecule has 2 bridgehead atoms. The average molecular weight is 226 g/mol. The average Bonchev–Trinajstić information content (AvgIpc) is 2.15. The van der Waals surface area contributed by atoms with Crippen molar-refractivity contribution < 1.29 is 9.53 Å². The van der Waals surface area contributed by atoms with Gasteiger partial charge in [-0.3, -0.25) is 0 Å². The van der Waals surface area contributed by atoms with Crippen LogP contribution in [0.1, 0.15) is 40.0 Å². The predicted molar refractivity (Wildman–Crippen MR) is 62.0 cm³/mol. The minimum atomic E-state index is -0.407. The highest BCUT2D eigenvalue weighted by atomic mass is 16.6. The topological polar surface area (TPSA) is 55.6 Å². The van der Waals surface area contributed by atoms with Crippen LogP contribution in [0, 0.1) is 5.92 Å². The molecule has 2 heterocycles. The molecule has 2 N–H and O–H groups in total. The number of piperidine rings is 2. The molecule has 92 valence electrons. The molecule has 16 heavy (non-hydrogen) atoms. The molecule has 2 aliphatic heterocycles. The Morgan fingerprint density at radius 2 is 2.06 bits per heavy atom. The Bertz CT molecular complexity index is 285. The second kappa shape index (κ2) is 3.91. The van der Waals surface area contributed by atoms with Gasteiger partial charge in [0.1, 0.15) is 5.60 Å². The Morgan fingerprint density at radius 3 is 2.50 bits per heavy atom. The first kappa shape index (κ1) is 11.7. The molecule has 4 heteroatoms. The van der Waals surface area contributed by atoms with Gasteiger partial charge in [0.15, 0.2) is 0 Å². The fourth-order valence-corrected chi connectivity index (χ4v) is 2.70. The molecule has 2 saturated heterocycles. The highest BCUT2D eigenvalue weighted by Gasteiger charge is 2.42. The molecule has 1 amide bonds. The number of rotatable bonds is 0. The summed E-state index contributed by atoms with van der Waals surface area (Å²) in [6.45, 7) is 6.48. The van der Waals surface area contributed by atoms with Gasteiger partial charge in [-0.05, 0) is 46.0 Å². The van der Waals surface area contributed by atoms with E-state index in [9.17, 15) is 4.79 Å². The SMILES string of the molecule is CC(C)(C)OC(=O)N1C[C@H]2CC[C@@H]1C[C@H]2N. The van der Waals surface area contributed by atoms with E-state index in [4.69, 9.17) is 10.5 Å². The Balaban J connectivity index is 1.99. The van der Waals surface area contributed by atoms with Crippen LogP contribution in [0.5, 0.6) is 0 Å². The third-order valence-electron chi connectivity index (χ3n) is 3.52. The number of nitrogens with two attached hydrogens (primary N) is 1. The Hall–Kier alpha value is -0.770. The molecule has 1 saturated carbocycles. The molecule has 3 fully saturated rings. The van der Waals surface area contributed by atoms with E-state index in [2.05, 4.69) is 0 Å². The number of hydrogen-bond acceptors (Lipinski definition) is 3. The number of carbonyl (C=O) groups is 1. The summed E-state index contributed by atoms with van der Waals surface area (Å²) in [7, 11) is 0. The number of amides is 1. The maximum Gasteiger partial charge on any atom is 0.410 e. The molecular weight excluding hydrogens is 204 g/mol. The fraction of sp³-hybridized carbons (Fsp3) is 0.917. The van der Waals surface area contributed by atoms with Crippen molar-refractivity contribution in [3.8, 4) is 0 Å². The summed E-state index contributed by atoms with van der Waals surface area (Å²) in [6.07, 6.45) is 3.00. The third-order valence-corrected chi connectivity index (χ3v) is 3.52. The van der Waals surface area contributed by atoms with E-state index >= 15 is 0 Å². The molecule has 0 aromatic heterocycles. The molecule has 3 rings (SSSR count). The Morgan fingerprint density at radius 1 is 1.38 bits per heavy atom. The second-order valence-corrected chi connectivity index (χ2v) is 6.02. The van der Waals surface area contributed by atoms with Crippen LogP contribution in [0.3, 0.4) is 0 Å². The third kappa shape index (κ3) is 2.32. The van der Waals surface area contributed by atoms with Crippen LogP contribution in [0.15, 0.2) is 0 Å². The van der Waals surface area contributed by atoms with Crippen molar-refractivity contribution in [3.05, 3.63) is 0 Å². The van der Waals surface area contributed by atoms with Crippen LogP contribution >= 0.6 is 0 Å². The zero-order valence-electron chi connectivity index (χ0n) is 10.4. The van der Waals surface area contributed by atoms with Gasteiger partial charge in [0.2, 0.25) is 0 Å². The highest BCUT2D eigenvalue weighted by Crippen LogP contribution is 2.34. The lowest BCUT2D eigenvalue weighted by atomic mass is 9.77. The van der Waals surface area contributed by atoms with Crippen LogP contribution in [-0.4, -0.2) is 35.2 Å². The van der Waals surface area contributed by atoms with E-state index in [-0.39, 0.29) is 12.1 Å². The van der Waals surface area contributed by atoms with E-state index in [1.165, 1.54) is 0 Å². The number of nitrogens with zero attached hydrogens (tertiary/aromatic N) is 1. The van der Waals surface area contributed by atoms with Crippen LogP contribution < -0.4 is 5.73 Å². The minimum absolute atomic E-state index is 0.172. The van der Waals surface area contributed by atoms with Gasteiger partial charge in [0, 0.05) is 18.6 Å². The van der Waals surface area contributed by atoms with Gasteiger partial charge >= 0.3 is 6.09 Å². The first-order valence-electron chi connectivity index (χ1n) is 6.12. The first-order valence-corrected chi connectivity index (χ1v) is 6.12. The first-order chi connectivity index (χ1) is 7.37. The lowest BCUT2D eigenvalue weighted by Crippen LogP contribution is -2.59. The smallest absolute Gasteiger partial charge is 0.410 e. The summed E-state index contributed by atoms with van der Waals surface area (Å²) >= 11 is 0. The molecule has 4 nitrogen and oxygen atoms in total. The second-order valence-electron chi connectivity index (χ2n) is 6.02. The summed E-state index contributed by atoms with van der Waals surface area (Å²) in [5, 5.41) is 0. The van der Waals surface area contributed by atoms with Gasteiger partial charge in [0.05, 0.1) is 0 Å². The number of fused-ring (bicyclic) bond motifs is 3. The molecular formula is C12H22N2O2. The predicted octanol–water partition coefficient (Wildman–Crippen LogP) is 1.73. The number of carbonyl (C=O) groups excluding carboxylic acids is 1. The van der Waals surface area contributed by atoms with Gasteiger partial charge in [-0.2, -0.15) is 0 Å². The lowest BCUT2D eigenvalue weighted by molar-refractivity contribution is -0.0170. The standard InChI is InChI=1S/C12H22N2O2/c1-12(2,3)16-11(15)14-7-8-4-5-9(14)6-10(8)13/h8-10H,4-7,13H2,1-3H3/t8-,9-,10-/m1/s1. The summed E-state index contributed by atoms with van der Waals surface area (Å²) < 4.78 is 5.41. The molecule has 0 aromatic carbocycles. The van der Waals surface area contributed by atoms with Crippen molar-refractivity contribution in [2.75, 3.05) is 6.54 Å². The van der Waals surface area contributed by atoms with Crippen LogP contribution in [0.4, 0.5) is 4.79 Å². The van der Waals surface area contributed by atoms with Crippen LogP contribution in [0.2, 0.25) is 0 Å². The van der Waals surface area contributed by atoms with E-state index in [0.29, 0.717) is 12.0 Å². The summed E-state index contributed by atoms with van der Waals surface area (Å²) in [5.74, 6) is 0.470. The maximum atomic E-state index is 12.0. The molecule has 0 unspecified atom stereocenters. The largest absolute Gasteiger partial charge is 0.444 e. The van der Waals surface area contributed by atoms with Crippen molar-refractivity contribution in [3.63, 3.8) is 0 Å². The van der Waals surface area contributed by atoms with Gasteiger partial charge < -0.3 is 15.4 Å². The van der Waals surface area contributed by atoms with Crippen molar-refractivity contribution >= 4 is 6.09 Å². The summed E-state index contributed by atoms with van der Waals surface area (Å²) in [5.41, 5.74) is 5.62.